The lowest BCUT2D eigenvalue weighted by Crippen LogP contribution is -2.20. The van der Waals surface area contributed by atoms with Gasteiger partial charge in [0, 0.05) is 10.0 Å². The summed E-state index contributed by atoms with van der Waals surface area (Å²) in [6, 6.07) is 8.86. The summed E-state index contributed by atoms with van der Waals surface area (Å²) in [5, 5.41) is 3.21. The molecule has 2 nitrogen and oxygen atoms in total. The van der Waals surface area contributed by atoms with E-state index < -0.39 is 0 Å². The van der Waals surface area contributed by atoms with E-state index in [1.54, 1.807) is 13.2 Å². The zero-order valence-electron chi connectivity index (χ0n) is 12.6. The van der Waals surface area contributed by atoms with Crippen LogP contribution in [0.25, 0.3) is 0 Å². The van der Waals surface area contributed by atoms with E-state index in [2.05, 4.69) is 21.2 Å². The first-order valence-corrected chi connectivity index (χ1v) is 7.55. The molecule has 112 valence electrons. The molecule has 0 amide bonds. The van der Waals surface area contributed by atoms with Crippen molar-refractivity contribution < 1.29 is 9.13 Å². The first-order valence-electron chi connectivity index (χ1n) is 6.76. The number of methoxy groups -OCH3 is 1. The lowest BCUT2D eigenvalue weighted by atomic mass is 9.93. The Morgan fingerprint density at radius 2 is 1.90 bits per heavy atom. The van der Waals surface area contributed by atoms with Crippen LogP contribution in [0.5, 0.6) is 5.75 Å². The van der Waals surface area contributed by atoms with Crippen LogP contribution in [0.3, 0.4) is 0 Å². The fraction of sp³-hybridized carbons (Fsp3) is 0.294. The SMILES string of the molecule is CNC(c1cc(C)c(OC)cc1C)c1c(F)cccc1Br. The van der Waals surface area contributed by atoms with Gasteiger partial charge in [-0.05, 0) is 55.8 Å². The molecule has 1 N–H and O–H groups in total. The van der Waals surface area contributed by atoms with Crippen LogP contribution in [0.4, 0.5) is 4.39 Å². The van der Waals surface area contributed by atoms with E-state index in [0.29, 0.717) is 5.56 Å². The van der Waals surface area contributed by atoms with Gasteiger partial charge in [0.05, 0.1) is 13.2 Å². The second-order valence-electron chi connectivity index (χ2n) is 5.04. The molecule has 0 spiro atoms. The highest BCUT2D eigenvalue weighted by atomic mass is 79.9. The van der Waals surface area contributed by atoms with E-state index in [1.807, 2.05) is 39.1 Å². The fourth-order valence-electron chi connectivity index (χ4n) is 2.58. The van der Waals surface area contributed by atoms with Crippen LogP contribution >= 0.6 is 15.9 Å². The summed E-state index contributed by atoms with van der Waals surface area (Å²) < 4.78 is 20.4. The lowest BCUT2D eigenvalue weighted by molar-refractivity contribution is 0.411. The smallest absolute Gasteiger partial charge is 0.129 e. The summed E-state index contributed by atoms with van der Waals surface area (Å²) >= 11 is 3.45. The zero-order chi connectivity index (χ0) is 15.6. The Labute approximate surface area is 133 Å². The highest BCUT2D eigenvalue weighted by Gasteiger charge is 2.21. The lowest BCUT2D eigenvalue weighted by Gasteiger charge is -2.22. The zero-order valence-corrected chi connectivity index (χ0v) is 14.2. The molecule has 1 unspecified atom stereocenters. The third-order valence-electron chi connectivity index (χ3n) is 3.67. The number of rotatable bonds is 4. The second kappa shape index (κ2) is 6.58. The van der Waals surface area contributed by atoms with Crippen LogP contribution in [0.15, 0.2) is 34.8 Å². The Morgan fingerprint density at radius 3 is 2.48 bits per heavy atom. The summed E-state index contributed by atoms with van der Waals surface area (Å²) in [5.41, 5.74) is 3.76. The van der Waals surface area contributed by atoms with Gasteiger partial charge in [-0.2, -0.15) is 0 Å². The Bertz CT molecular complexity index is 637. The first kappa shape index (κ1) is 16.0. The van der Waals surface area contributed by atoms with Crippen LogP contribution in [0.2, 0.25) is 0 Å². The average Bonchev–Trinajstić information content (AvgIpc) is 2.45. The summed E-state index contributed by atoms with van der Waals surface area (Å²) in [4.78, 5) is 0. The summed E-state index contributed by atoms with van der Waals surface area (Å²) in [5.74, 6) is 0.621. The van der Waals surface area contributed by atoms with Crippen LogP contribution < -0.4 is 10.1 Å². The van der Waals surface area contributed by atoms with Crippen molar-refractivity contribution in [2.75, 3.05) is 14.2 Å². The van der Waals surface area contributed by atoms with E-state index in [4.69, 9.17) is 4.74 Å². The number of benzene rings is 2. The van der Waals surface area contributed by atoms with E-state index in [9.17, 15) is 4.39 Å². The first-order chi connectivity index (χ1) is 9.99. The maximum Gasteiger partial charge on any atom is 0.129 e. The minimum Gasteiger partial charge on any atom is -0.496 e. The van der Waals surface area contributed by atoms with E-state index in [0.717, 1.165) is 26.9 Å². The van der Waals surface area contributed by atoms with Crippen molar-refractivity contribution in [3.8, 4) is 5.75 Å². The number of aryl methyl sites for hydroxylation is 2. The number of halogens is 2. The average molecular weight is 352 g/mol. The molecule has 1 atom stereocenters. The standard InChI is InChI=1S/C17H19BrFNO/c1-10-9-15(21-4)11(2)8-12(10)17(20-3)16-13(18)6-5-7-14(16)19/h5-9,17,20H,1-4H3. The molecule has 0 heterocycles. The molecule has 0 radical (unpaired) electrons. The fourth-order valence-corrected chi connectivity index (χ4v) is 3.16. The van der Waals surface area contributed by atoms with Gasteiger partial charge in [0.2, 0.25) is 0 Å². The minimum atomic E-state index is -0.225. The van der Waals surface area contributed by atoms with Crippen molar-refractivity contribution in [2.24, 2.45) is 0 Å². The van der Waals surface area contributed by atoms with E-state index >= 15 is 0 Å². The molecule has 2 aromatic rings. The van der Waals surface area contributed by atoms with Gasteiger partial charge >= 0.3 is 0 Å². The van der Waals surface area contributed by atoms with Gasteiger partial charge in [0.15, 0.2) is 0 Å². The van der Waals surface area contributed by atoms with Crippen molar-refractivity contribution >= 4 is 15.9 Å². The Balaban J connectivity index is 2.60. The molecule has 4 heteroatoms. The molecule has 0 bridgehead atoms. The molecule has 0 saturated heterocycles. The molecule has 2 rings (SSSR count). The Morgan fingerprint density at radius 1 is 1.19 bits per heavy atom. The molecule has 0 aliphatic carbocycles. The van der Waals surface area contributed by atoms with Gasteiger partial charge in [-0.3, -0.25) is 0 Å². The maximum absolute atomic E-state index is 14.3. The van der Waals surface area contributed by atoms with Gasteiger partial charge in [-0.1, -0.05) is 28.1 Å². The molecule has 0 aromatic heterocycles. The predicted octanol–water partition coefficient (Wildman–Crippen LogP) is 4.52. The van der Waals surface area contributed by atoms with Crippen LogP contribution in [-0.2, 0) is 0 Å². The second-order valence-corrected chi connectivity index (χ2v) is 5.89. The van der Waals surface area contributed by atoms with Crippen LogP contribution in [0, 0.1) is 19.7 Å². The molecular weight excluding hydrogens is 333 g/mol. The third kappa shape index (κ3) is 3.11. The molecule has 0 aliphatic heterocycles. The van der Waals surface area contributed by atoms with Gasteiger partial charge in [-0.15, -0.1) is 0 Å². The minimum absolute atomic E-state index is 0.217. The van der Waals surface area contributed by atoms with Crippen LogP contribution in [0.1, 0.15) is 28.3 Å². The highest BCUT2D eigenvalue weighted by Crippen LogP contribution is 2.34. The Kier molecular flexibility index (Phi) is 5.01. The van der Waals surface area contributed by atoms with E-state index in [1.165, 1.54) is 6.07 Å². The maximum atomic E-state index is 14.3. The normalized spacial score (nSPS) is 12.3. The monoisotopic (exact) mass is 351 g/mol. The number of nitrogens with one attached hydrogen (secondary N) is 1. The molecule has 2 aromatic carbocycles. The van der Waals surface area contributed by atoms with Crippen molar-refractivity contribution in [1.82, 2.24) is 5.32 Å². The predicted molar refractivity (Wildman–Crippen MR) is 87.5 cm³/mol. The van der Waals surface area contributed by atoms with Crippen molar-refractivity contribution in [1.29, 1.82) is 0 Å². The summed E-state index contributed by atoms with van der Waals surface area (Å²) in [6.45, 7) is 4.00. The molecule has 0 aliphatic rings. The number of hydrogen-bond acceptors (Lipinski definition) is 2. The van der Waals surface area contributed by atoms with Gasteiger partial charge in [0.25, 0.3) is 0 Å². The van der Waals surface area contributed by atoms with Crippen LogP contribution in [-0.4, -0.2) is 14.2 Å². The number of ether oxygens (including phenoxy) is 1. The van der Waals surface area contributed by atoms with Crippen molar-refractivity contribution in [2.45, 2.75) is 19.9 Å². The largest absolute Gasteiger partial charge is 0.496 e. The summed E-state index contributed by atoms with van der Waals surface area (Å²) in [6.07, 6.45) is 0. The van der Waals surface area contributed by atoms with Crippen molar-refractivity contribution in [3.63, 3.8) is 0 Å². The molecule has 21 heavy (non-hydrogen) atoms. The van der Waals surface area contributed by atoms with Crippen molar-refractivity contribution in [3.05, 3.63) is 62.9 Å². The Hall–Kier alpha value is -1.39. The highest BCUT2D eigenvalue weighted by molar-refractivity contribution is 9.10. The summed E-state index contributed by atoms with van der Waals surface area (Å²) in [7, 11) is 3.49. The van der Waals surface area contributed by atoms with E-state index in [-0.39, 0.29) is 11.9 Å². The third-order valence-corrected chi connectivity index (χ3v) is 4.36. The molecule has 0 fully saturated rings. The molecule has 0 saturated carbocycles. The van der Waals surface area contributed by atoms with Gasteiger partial charge < -0.3 is 10.1 Å². The van der Waals surface area contributed by atoms with Gasteiger partial charge in [0.1, 0.15) is 11.6 Å². The number of hydrogen-bond donors (Lipinski definition) is 1. The molecular formula is C17H19BrFNO. The van der Waals surface area contributed by atoms with Gasteiger partial charge in [-0.25, -0.2) is 4.39 Å². The quantitative estimate of drug-likeness (QED) is 0.873. The topological polar surface area (TPSA) is 21.3 Å².